The lowest BCUT2D eigenvalue weighted by Gasteiger charge is -2.24. The molecule has 1 heterocycles. The quantitative estimate of drug-likeness (QED) is 0.781. The maximum absolute atomic E-state index is 12.2. The van der Waals surface area contributed by atoms with Crippen LogP contribution in [0.1, 0.15) is 20.8 Å². The van der Waals surface area contributed by atoms with E-state index in [0.29, 0.717) is 30.5 Å². The van der Waals surface area contributed by atoms with E-state index < -0.39 is 0 Å². The molecule has 1 amide bonds. The summed E-state index contributed by atoms with van der Waals surface area (Å²) in [5, 5.41) is 6.00. The van der Waals surface area contributed by atoms with Crippen molar-refractivity contribution in [2.24, 2.45) is 0 Å². The summed E-state index contributed by atoms with van der Waals surface area (Å²) in [6.45, 7) is 7.09. The molecule has 1 aromatic heterocycles. The van der Waals surface area contributed by atoms with Crippen molar-refractivity contribution in [3.63, 3.8) is 0 Å². The maximum Gasteiger partial charge on any atom is 0.244 e. The second-order valence-electron chi connectivity index (χ2n) is 4.23. The van der Waals surface area contributed by atoms with Crippen LogP contribution in [0.4, 0.5) is 11.6 Å². The number of rotatable bonds is 7. The first-order valence-corrected chi connectivity index (χ1v) is 6.71. The number of likely N-dealkylation sites (N-methyl/N-ethyl adjacent to an activating group) is 1. The van der Waals surface area contributed by atoms with Crippen molar-refractivity contribution in [2.75, 3.05) is 37.9 Å². The van der Waals surface area contributed by atoms with E-state index in [1.807, 2.05) is 13.8 Å². The standard InChI is InChI=1S/C13H23N5O2/c1-6-18(7-2)13(19)9(3)17-12-10(20-5)11(14-4)15-8-16-12/h8-9H,6-7H2,1-5H3,(H2,14,15,16,17). The summed E-state index contributed by atoms with van der Waals surface area (Å²) >= 11 is 0. The molecule has 7 heteroatoms. The number of aromatic nitrogens is 2. The lowest BCUT2D eigenvalue weighted by atomic mass is 10.2. The lowest BCUT2D eigenvalue weighted by Crippen LogP contribution is -2.41. The third kappa shape index (κ3) is 3.49. The molecular formula is C13H23N5O2. The summed E-state index contributed by atoms with van der Waals surface area (Å²) < 4.78 is 5.29. The van der Waals surface area contributed by atoms with Crippen LogP contribution in [-0.2, 0) is 4.79 Å². The van der Waals surface area contributed by atoms with Crippen LogP contribution in [-0.4, -0.2) is 54.1 Å². The number of carbonyl (C=O) groups is 1. The summed E-state index contributed by atoms with van der Waals surface area (Å²) in [4.78, 5) is 22.2. The monoisotopic (exact) mass is 281 g/mol. The predicted molar refractivity (Wildman–Crippen MR) is 79.1 cm³/mol. The molecule has 2 N–H and O–H groups in total. The van der Waals surface area contributed by atoms with Gasteiger partial charge < -0.3 is 20.3 Å². The molecule has 0 saturated heterocycles. The SMILES string of the molecule is CCN(CC)C(=O)C(C)Nc1ncnc(NC)c1OC. The normalized spacial score (nSPS) is 11.7. The Kier molecular flexibility index (Phi) is 6.02. The smallest absolute Gasteiger partial charge is 0.244 e. The van der Waals surface area contributed by atoms with Crippen molar-refractivity contribution in [3.05, 3.63) is 6.33 Å². The number of hydrogen-bond donors (Lipinski definition) is 2. The van der Waals surface area contributed by atoms with Gasteiger partial charge in [0.05, 0.1) is 7.11 Å². The van der Waals surface area contributed by atoms with Crippen molar-refractivity contribution >= 4 is 17.5 Å². The first kappa shape index (κ1) is 16.0. The Bertz CT molecular complexity index is 448. The van der Waals surface area contributed by atoms with Gasteiger partial charge in [-0.2, -0.15) is 0 Å². The highest BCUT2D eigenvalue weighted by Crippen LogP contribution is 2.28. The van der Waals surface area contributed by atoms with E-state index in [4.69, 9.17) is 4.74 Å². The molecule has 0 saturated carbocycles. The molecule has 7 nitrogen and oxygen atoms in total. The van der Waals surface area contributed by atoms with Crippen LogP contribution in [0.15, 0.2) is 6.33 Å². The fraction of sp³-hybridized carbons (Fsp3) is 0.615. The zero-order valence-corrected chi connectivity index (χ0v) is 12.7. The van der Waals surface area contributed by atoms with Crippen molar-refractivity contribution < 1.29 is 9.53 Å². The Labute approximate surface area is 119 Å². The van der Waals surface area contributed by atoms with Gasteiger partial charge >= 0.3 is 0 Å². The van der Waals surface area contributed by atoms with Gasteiger partial charge in [-0.25, -0.2) is 9.97 Å². The van der Waals surface area contributed by atoms with Gasteiger partial charge in [-0.3, -0.25) is 4.79 Å². The van der Waals surface area contributed by atoms with E-state index in [0.717, 1.165) is 0 Å². The van der Waals surface area contributed by atoms with Crippen molar-refractivity contribution in [1.82, 2.24) is 14.9 Å². The molecule has 1 atom stereocenters. The molecule has 1 aromatic rings. The van der Waals surface area contributed by atoms with Gasteiger partial charge in [0, 0.05) is 20.1 Å². The van der Waals surface area contributed by atoms with Gasteiger partial charge in [-0.1, -0.05) is 0 Å². The van der Waals surface area contributed by atoms with Gasteiger partial charge in [0.2, 0.25) is 11.7 Å². The summed E-state index contributed by atoms with van der Waals surface area (Å²) in [7, 11) is 3.29. The third-order valence-corrected chi connectivity index (χ3v) is 3.04. The van der Waals surface area contributed by atoms with Crippen LogP contribution in [0.5, 0.6) is 5.75 Å². The number of amides is 1. The fourth-order valence-corrected chi connectivity index (χ4v) is 1.92. The minimum absolute atomic E-state index is 0.0293. The van der Waals surface area contributed by atoms with Gasteiger partial charge in [0.15, 0.2) is 11.6 Å². The Hall–Kier alpha value is -2.05. The topological polar surface area (TPSA) is 79.4 Å². The van der Waals surface area contributed by atoms with Gasteiger partial charge in [-0.05, 0) is 20.8 Å². The van der Waals surface area contributed by atoms with E-state index in [1.54, 1.807) is 26.0 Å². The van der Waals surface area contributed by atoms with Crippen LogP contribution >= 0.6 is 0 Å². The Morgan fingerprint density at radius 2 is 1.95 bits per heavy atom. The second kappa shape index (κ2) is 7.52. The molecule has 0 aliphatic rings. The van der Waals surface area contributed by atoms with Gasteiger partial charge in [0.25, 0.3) is 0 Å². The van der Waals surface area contributed by atoms with Gasteiger partial charge in [-0.15, -0.1) is 0 Å². The van der Waals surface area contributed by atoms with Crippen LogP contribution in [0.25, 0.3) is 0 Å². The molecule has 20 heavy (non-hydrogen) atoms. The summed E-state index contributed by atoms with van der Waals surface area (Å²) in [6.07, 6.45) is 1.42. The number of carbonyl (C=O) groups excluding carboxylic acids is 1. The summed E-state index contributed by atoms with van der Waals surface area (Å²) in [5.74, 6) is 1.60. The third-order valence-electron chi connectivity index (χ3n) is 3.04. The number of methoxy groups -OCH3 is 1. The van der Waals surface area contributed by atoms with Crippen molar-refractivity contribution in [2.45, 2.75) is 26.8 Å². The molecule has 1 rings (SSSR count). The maximum atomic E-state index is 12.2. The number of anilines is 2. The van der Waals surface area contributed by atoms with Crippen LogP contribution < -0.4 is 15.4 Å². The second-order valence-corrected chi connectivity index (χ2v) is 4.23. The van der Waals surface area contributed by atoms with Crippen LogP contribution in [0.2, 0.25) is 0 Å². The molecule has 1 unspecified atom stereocenters. The van der Waals surface area contributed by atoms with Crippen LogP contribution in [0.3, 0.4) is 0 Å². The van der Waals surface area contributed by atoms with E-state index in [9.17, 15) is 4.79 Å². The molecule has 0 bridgehead atoms. The van der Waals surface area contributed by atoms with Crippen LogP contribution in [0, 0.1) is 0 Å². The zero-order chi connectivity index (χ0) is 15.1. The minimum atomic E-state index is -0.386. The minimum Gasteiger partial charge on any atom is -0.490 e. The lowest BCUT2D eigenvalue weighted by molar-refractivity contribution is -0.131. The number of ether oxygens (including phenoxy) is 1. The molecule has 112 valence electrons. The Balaban J connectivity index is 2.90. The molecule has 0 aliphatic heterocycles. The average Bonchev–Trinajstić information content (AvgIpc) is 2.47. The largest absolute Gasteiger partial charge is 0.490 e. The van der Waals surface area contributed by atoms with Crippen molar-refractivity contribution in [3.8, 4) is 5.75 Å². The predicted octanol–water partition coefficient (Wildman–Crippen LogP) is 1.20. The zero-order valence-electron chi connectivity index (χ0n) is 12.7. The molecule has 0 radical (unpaired) electrons. The first-order chi connectivity index (χ1) is 9.58. The number of nitrogens with zero attached hydrogens (tertiary/aromatic N) is 3. The van der Waals surface area contributed by atoms with Gasteiger partial charge in [0.1, 0.15) is 12.4 Å². The summed E-state index contributed by atoms with van der Waals surface area (Å²) in [6, 6.07) is -0.386. The molecule has 0 aromatic carbocycles. The average molecular weight is 281 g/mol. The molecule has 0 fully saturated rings. The fourth-order valence-electron chi connectivity index (χ4n) is 1.92. The van der Waals surface area contributed by atoms with E-state index in [2.05, 4.69) is 20.6 Å². The Morgan fingerprint density at radius 3 is 2.45 bits per heavy atom. The highest BCUT2D eigenvalue weighted by atomic mass is 16.5. The Morgan fingerprint density at radius 1 is 1.35 bits per heavy atom. The highest BCUT2D eigenvalue weighted by Gasteiger charge is 2.21. The van der Waals surface area contributed by atoms with E-state index in [1.165, 1.54) is 6.33 Å². The molecular weight excluding hydrogens is 258 g/mol. The van der Waals surface area contributed by atoms with E-state index >= 15 is 0 Å². The number of nitrogens with one attached hydrogen (secondary N) is 2. The number of hydrogen-bond acceptors (Lipinski definition) is 6. The van der Waals surface area contributed by atoms with Crippen molar-refractivity contribution in [1.29, 1.82) is 0 Å². The van der Waals surface area contributed by atoms with E-state index in [-0.39, 0.29) is 11.9 Å². The first-order valence-electron chi connectivity index (χ1n) is 6.71. The molecule has 0 spiro atoms. The summed E-state index contributed by atoms with van der Waals surface area (Å²) in [5.41, 5.74) is 0. The molecule has 0 aliphatic carbocycles. The highest BCUT2D eigenvalue weighted by molar-refractivity contribution is 5.84.